The van der Waals surface area contributed by atoms with Gasteiger partial charge in [0.2, 0.25) is 5.54 Å². The Bertz CT molecular complexity index is 569. The van der Waals surface area contributed by atoms with Gasteiger partial charge in [-0.25, -0.2) is 4.79 Å². The maximum Gasteiger partial charge on any atom is 0.344 e. The van der Waals surface area contributed by atoms with E-state index in [0.717, 1.165) is 0 Å². The summed E-state index contributed by atoms with van der Waals surface area (Å²) in [6.45, 7) is 4.14. The minimum absolute atomic E-state index is 0.301. The number of rotatable bonds is 2. The normalized spacial score (nSPS) is 21.7. The van der Waals surface area contributed by atoms with Gasteiger partial charge in [-0.15, -0.1) is 0 Å². The van der Waals surface area contributed by atoms with Crippen molar-refractivity contribution in [1.29, 1.82) is 5.26 Å². The highest BCUT2D eigenvalue weighted by atomic mass is 16.5. The average molecular weight is 241 g/mol. The highest BCUT2D eigenvalue weighted by molar-refractivity contribution is 5.87. The molecule has 0 fully saturated rings. The largest absolute Gasteiger partial charge is 0.467 e. The number of hydrogen-bond donors (Lipinski definition) is 0. The number of azo groups is 1. The van der Waals surface area contributed by atoms with Gasteiger partial charge in [-0.05, 0) is 23.3 Å². The van der Waals surface area contributed by atoms with E-state index in [1.807, 2.05) is 6.07 Å². The number of ether oxygens (including phenoxy) is 1. The minimum Gasteiger partial charge on any atom is -0.467 e. The van der Waals surface area contributed by atoms with E-state index in [4.69, 9.17) is 10.00 Å². The van der Waals surface area contributed by atoms with E-state index in [1.54, 1.807) is 24.3 Å². The molecule has 0 saturated heterocycles. The topological polar surface area (TPSA) is 74.8 Å². The summed E-state index contributed by atoms with van der Waals surface area (Å²) >= 11 is 0. The molecule has 0 bridgehead atoms. The smallest absolute Gasteiger partial charge is 0.344 e. The highest BCUT2D eigenvalue weighted by Crippen LogP contribution is 2.38. The molecule has 1 aliphatic heterocycles. The fourth-order valence-corrected chi connectivity index (χ4v) is 1.91. The Balaban J connectivity index is 2.54. The molecule has 0 N–H and O–H groups in total. The van der Waals surface area contributed by atoms with E-state index >= 15 is 0 Å². The Hall–Kier alpha value is -2.48. The first-order valence-electron chi connectivity index (χ1n) is 5.31. The minimum atomic E-state index is -1.26. The first kappa shape index (κ1) is 12.0. The van der Waals surface area contributed by atoms with Crippen LogP contribution in [0.2, 0.25) is 0 Å². The van der Waals surface area contributed by atoms with Gasteiger partial charge in [-0.3, -0.25) is 0 Å². The molecule has 1 aromatic carbocycles. The Kier molecular flexibility index (Phi) is 2.94. The number of hydrogen-bond acceptors (Lipinski definition) is 5. The maximum absolute atomic E-state index is 12.0. The summed E-state index contributed by atoms with van der Waals surface area (Å²) in [6, 6.07) is 8.61. The second kappa shape index (κ2) is 4.41. The Labute approximate surface area is 104 Å². The fraction of sp³-hybridized carbons (Fsp3) is 0.231. The lowest BCUT2D eigenvalue weighted by Gasteiger charge is -2.23. The highest BCUT2D eigenvalue weighted by Gasteiger charge is 2.47. The van der Waals surface area contributed by atoms with Crippen LogP contribution in [0.5, 0.6) is 0 Å². The van der Waals surface area contributed by atoms with Crippen molar-refractivity contribution >= 4 is 5.97 Å². The summed E-state index contributed by atoms with van der Waals surface area (Å²) in [5, 5.41) is 16.6. The van der Waals surface area contributed by atoms with Crippen LogP contribution in [0.1, 0.15) is 11.1 Å². The molecule has 0 aromatic heterocycles. The molecular formula is C13H11N3O2. The molecule has 1 aliphatic rings. The quantitative estimate of drug-likeness (QED) is 0.586. The van der Waals surface area contributed by atoms with Gasteiger partial charge in [-0.2, -0.15) is 15.5 Å². The van der Waals surface area contributed by atoms with Crippen LogP contribution in [0.15, 0.2) is 46.6 Å². The third kappa shape index (κ3) is 1.59. The molecule has 1 aromatic rings. The predicted molar refractivity (Wildman–Crippen MR) is 63.7 cm³/mol. The summed E-state index contributed by atoms with van der Waals surface area (Å²) in [5.41, 5.74) is 0.431. The summed E-state index contributed by atoms with van der Waals surface area (Å²) in [5.74, 6) is -0.515. The maximum atomic E-state index is 12.0. The molecule has 1 unspecified atom stereocenters. The van der Waals surface area contributed by atoms with Crippen LogP contribution in [0.4, 0.5) is 0 Å². The zero-order chi connectivity index (χ0) is 13.2. The van der Waals surface area contributed by atoms with E-state index in [0.29, 0.717) is 23.2 Å². The lowest BCUT2D eigenvalue weighted by molar-refractivity contribution is -0.145. The molecular weight excluding hydrogens is 230 g/mol. The Morgan fingerprint density at radius 1 is 1.50 bits per heavy atom. The van der Waals surface area contributed by atoms with Gasteiger partial charge in [0.05, 0.1) is 25.3 Å². The molecule has 90 valence electrons. The van der Waals surface area contributed by atoms with E-state index in [9.17, 15) is 4.79 Å². The summed E-state index contributed by atoms with van der Waals surface area (Å²) in [6.07, 6.45) is 0. The van der Waals surface area contributed by atoms with Crippen LogP contribution >= 0.6 is 0 Å². The molecule has 0 aliphatic carbocycles. The number of nitriles is 1. The molecule has 5 heteroatoms. The first-order chi connectivity index (χ1) is 8.65. The lowest BCUT2D eigenvalue weighted by Crippen LogP contribution is -2.35. The molecule has 5 nitrogen and oxygen atoms in total. The molecule has 0 amide bonds. The van der Waals surface area contributed by atoms with E-state index in [1.165, 1.54) is 7.11 Å². The molecule has 1 atom stereocenters. The molecule has 0 spiro atoms. The molecule has 2 rings (SSSR count). The van der Waals surface area contributed by atoms with Gasteiger partial charge < -0.3 is 4.74 Å². The van der Waals surface area contributed by atoms with Gasteiger partial charge in [0, 0.05) is 0 Å². The monoisotopic (exact) mass is 241 g/mol. The summed E-state index contributed by atoms with van der Waals surface area (Å²) in [4.78, 5) is 12.0. The van der Waals surface area contributed by atoms with Crippen LogP contribution in [0, 0.1) is 11.3 Å². The van der Waals surface area contributed by atoms with E-state index in [-0.39, 0.29) is 0 Å². The zero-order valence-electron chi connectivity index (χ0n) is 9.88. The zero-order valence-corrected chi connectivity index (χ0v) is 9.88. The van der Waals surface area contributed by atoms with Crippen LogP contribution in [0.25, 0.3) is 0 Å². The van der Waals surface area contributed by atoms with Gasteiger partial charge in [-0.1, -0.05) is 18.7 Å². The number of methoxy groups -OCH3 is 1. The number of benzene rings is 1. The number of carbonyl (C=O) groups excluding carboxylic acids is 1. The summed E-state index contributed by atoms with van der Waals surface area (Å²) in [7, 11) is 1.30. The van der Waals surface area contributed by atoms with Crippen molar-refractivity contribution in [2.75, 3.05) is 13.7 Å². The SMILES string of the molecule is C=C1CN=NC1(C(=O)OC)c1ccc(C#N)cc1. The van der Waals surface area contributed by atoms with Gasteiger partial charge >= 0.3 is 5.97 Å². The number of nitrogens with zero attached hydrogens (tertiary/aromatic N) is 3. The number of esters is 1. The van der Waals surface area contributed by atoms with Crippen LogP contribution in [0.3, 0.4) is 0 Å². The standard InChI is InChI=1S/C13H11N3O2/c1-9-8-15-16-13(9,12(17)18-2)11-5-3-10(7-14)4-6-11/h3-6H,1,8H2,2H3. The Morgan fingerprint density at radius 3 is 2.61 bits per heavy atom. The van der Waals surface area contributed by atoms with Gasteiger partial charge in [0.25, 0.3) is 0 Å². The van der Waals surface area contributed by atoms with Crippen molar-refractivity contribution in [3.05, 3.63) is 47.5 Å². The van der Waals surface area contributed by atoms with Crippen LogP contribution in [-0.4, -0.2) is 19.6 Å². The Morgan fingerprint density at radius 2 is 2.17 bits per heavy atom. The first-order valence-corrected chi connectivity index (χ1v) is 5.31. The van der Waals surface area contributed by atoms with Crippen LogP contribution in [-0.2, 0) is 15.1 Å². The van der Waals surface area contributed by atoms with E-state index in [2.05, 4.69) is 16.8 Å². The average Bonchev–Trinajstić information content (AvgIpc) is 2.81. The van der Waals surface area contributed by atoms with Crippen molar-refractivity contribution in [3.8, 4) is 6.07 Å². The second-order valence-corrected chi connectivity index (χ2v) is 3.89. The lowest BCUT2D eigenvalue weighted by atomic mass is 9.84. The third-order valence-corrected chi connectivity index (χ3v) is 2.91. The van der Waals surface area contributed by atoms with Gasteiger partial charge in [0.1, 0.15) is 0 Å². The fourth-order valence-electron chi connectivity index (χ4n) is 1.91. The van der Waals surface area contributed by atoms with E-state index < -0.39 is 11.5 Å². The molecule has 0 saturated carbocycles. The molecule has 1 heterocycles. The predicted octanol–water partition coefficient (Wildman–Crippen LogP) is 1.95. The molecule has 18 heavy (non-hydrogen) atoms. The third-order valence-electron chi connectivity index (χ3n) is 2.91. The van der Waals surface area contributed by atoms with Crippen molar-refractivity contribution < 1.29 is 9.53 Å². The number of carbonyl (C=O) groups is 1. The van der Waals surface area contributed by atoms with Crippen molar-refractivity contribution in [3.63, 3.8) is 0 Å². The van der Waals surface area contributed by atoms with Crippen molar-refractivity contribution in [1.82, 2.24) is 0 Å². The van der Waals surface area contributed by atoms with Crippen LogP contribution < -0.4 is 0 Å². The van der Waals surface area contributed by atoms with Crippen molar-refractivity contribution in [2.24, 2.45) is 10.2 Å². The molecule has 0 radical (unpaired) electrons. The summed E-state index contributed by atoms with van der Waals surface area (Å²) < 4.78 is 4.80. The van der Waals surface area contributed by atoms with Crippen molar-refractivity contribution in [2.45, 2.75) is 5.54 Å². The second-order valence-electron chi connectivity index (χ2n) is 3.89. The van der Waals surface area contributed by atoms with Gasteiger partial charge in [0.15, 0.2) is 0 Å².